The zero-order chi connectivity index (χ0) is 11.0. The molecule has 0 atom stereocenters. The molecule has 2 aromatic heterocycles. The predicted molar refractivity (Wildman–Crippen MR) is 50.5 cm³/mol. The van der Waals surface area contributed by atoms with Crippen molar-refractivity contribution in [2.75, 3.05) is 0 Å². The van der Waals surface area contributed by atoms with E-state index < -0.39 is 11.3 Å². The van der Waals surface area contributed by atoms with Crippen LogP contribution in [0.25, 0.3) is 11.0 Å². The van der Waals surface area contributed by atoms with E-state index in [1.54, 1.807) is 13.0 Å². The molecule has 0 N–H and O–H groups in total. The topological polar surface area (TPSA) is 84.2 Å². The Kier molecular flexibility index (Phi) is 1.90. The van der Waals surface area contributed by atoms with Gasteiger partial charge in [0, 0.05) is 6.07 Å². The third kappa shape index (κ3) is 1.42. The molecule has 2 aromatic rings. The van der Waals surface area contributed by atoms with E-state index in [9.17, 15) is 9.59 Å². The first kappa shape index (κ1) is 9.21. The van der Waals surface area contributed by atoms with E-state index in [0.717, 1.165) is 0 Å². The highest BCUT2D eigenvalue weighted by molar-refractivity contribution is 5.76. The van der Waals surface area contributed by atoms with Crippen molar-refractivity contribution < 1.29 is 8.83 Å². The van der Waals surface area contributed by atoms with Crippen molar-refractivity contribution in [2.24, 2.45) is 0 Å². The van der Waals surface area contributed by atoms with Crippen molar-refractivity contribution >= 4 is 11.0 Å². The lowest BCUT2D eigenvalue weighted by atomic mass is 10.2. The SMILES string of the molecule is Cc1cc2oc(=O)c(C#N)cc2c(=O)o1. The lowest BCUT2D eigenvalue weighted by Gasteiger charge is -1.96. The third-order valence-electron chi connectivity index (χ3n) is 1.91. The molecule has 0 fully saturated rings. The van der Waals surface area contributed by atoms with E-state index in [0.29, 0.717) is 5.76 Å². The lowest BCUT2D eigenvalue weighted by Crippen LogP contribution is -2.08. The van der Waals surface area contributed by atoms with Crippen molar-refractivity contribution in [3.63, 3.8) is 0 Å². The highest BCUT2D eigenvalue weighted by atomic mass is 16.4. The molecule has 5 nitrogen and oxygen atoms in total. The summed E-state index contributed by atoms with van der Waals surface area (Å²) in [6, 6.07) is 4.25. The molecule has 0 aromatic carbocycles. The van der Waals surface area contributed by atoms with Gasteiger partial charge in [-0.1, -0.05) is 0 Å². The van der Waals surface area contributed by atoms with Crippen molar-refractivity contribution in [1.82, 2.24) is 0 Å². The molecule has 74 valence electrons. The van der Waals surface area contributed by atoms with Gasteiger partial charge in [0.15, 0.2) is 0 Å². The highest BCUT2D eigenvalue weighted by Crippen LogP contribution is 2.10. The molecule has 2 rings (SSSR count). The van der Waals surface area contributed by atoms with Crippen LogP contribution in [0.2, 0.25) is 0 Å². The Labute approximate surface area is 83.2 Å². The molecule has 0 bridgehead atoms. The van der Waals surface area contributed by atoms with Gasteiger partial charge in [0.1, 0.15) is 28.4 Å². The number of fused-ring (bicyclic) bond motifs is 1. The van der Waals surface area contributed by atoms with Gasteiger partial charge in [-0.05, 0) is 13.0 Å². The van der Waals surface area contributed by atoms with Crippen LogP contribution in [0.4, 0.5) is 0 Å². The number of nitriles is 1. The van der Waals surface area contributed by atoms with E-state index in [1.807, 2.05) is 0 Å². The van der Waals surface area contributed by atoms with Gasteiger partial charge in [-0.3, -0.25) is 0 Å². The standard InChI is InChI=1S/C10H5NO4/c1-5-2-8-7(10(13)14-5)3-6(4-11)9(12)15-8/h2-3H,1H3. The fourth-order valence-corrected chi connectivity index (χ4v) is 1.24. The van der Waals surface area contributed by atoms with E-state index in [4.69, 9.17) is 14.1 Å². The zero-order valence-corrected chi connectivity index (χ0v) is 7.73. The molecular weight excluding hydrogens is 198 g/mol. The van der Waals surface area contributed by atoms with E-state index in [2.05, 4.69) is 0 Å². The molecule has 15 heavy (non-hydrogen) atoms. The first-order chi connectivity index (χ1) is 7.11. The summed E-state index contributed by atoms with van der Waals surface area (Å²) in [5.74, 6) is 0.348. The second-order valence-corrected chi connectivity index (χ2v) is 2.98. The van der Waals surface area contributed by atoms with Gasteiger partial charge >= 0.3 is 11.3 Å². The van der Waals surface area contributed by atoms with Crippen molar-refractivity contribution in [3.05, 3.63) is 44.3 Å². The summed E-state index contributed by atoms with van der Waals surface area (Å²) in [5.41, 5.74) is -1.45. The molecule has 2 heterocycles. The second-order valence-electron chi connectivity index (χ2n) is 2.98. The van der Waals surface area contributed by atoms with Gasteiger partial charge in [0.25, 0.3) is 0 Å². The largest absolute Gasteiger partial charge is 0.428 e. The summed E-state index contributed by atoms with van der Waals surface area (Å²) in [6.45, 7) is 1.57. The van der Waals surface area contributed by atoms with Crippen LogP contribution in [0.3, 0.4) is 0 Å². The Morgan fingerprint density at radius 1 is 1.20 bits per heavy atom. The Morgan fingerprint density at radius 3 is 2.60 bits per heavy atom. The molecule has 0 spiro atoms. The summed E-state index contributed by atoms with van der Waals surface area (Å²) in [7, 11) is 0. The van der Waals surface area contributed by atoms with Gasteiger partial charge in [-0.2, -0.15) is 5.26 Å². The quantitative estimate of drug-likeness (QED) is 0.635. The number of nitrogens with zero attached hydrogens (tertiary/aromatic N) is 1. The molecule has 0 saturated heterocycles. The molecule has 0 saturated carbocycles. The molecule has 0 aliphatic carbocycles. The van der Waals surface area contributed by atoms with Gasteiger partial charge < -0.3 is 8.83 Å². The summed E-state index contributed by atoms with van der Waals surface area (Å²) < 4.78 is 9.61. The van der Waals surface area contributed by atoms with Crippen LogP contribution in [0, 0.1) is 18.3 Å². The van der Waals surface area contributed by atoms with Crippen LogP contribution in [0.15, 0.2) is 30.6 Å². The molecule has 0 aliphatic heterocycles. The maximum atomic E-state index is 11.3. The van der Waals surface area contributed by atoms with Gasteiger partial charge in [-0.25, -0.2) is 9.59 Å². The van der Waals surface area contributed by atoms with E-state index in [1.165, 1.54) is 12.1 Å². The first-order valence-corrected chi connectivity index (χ1v) is 4.10. The molecular formula is C10H5NO4. The summed E-state index contributed by atoms with van der Waals surface area (Å²) >= 11 is 0. The smallest absolute Gasteiger partial charge is 0.354 e. The molecule has 0 unspecified atom stereocenters. The summed E-state index contributed by atoms with van der Waals surface area (Å²) in [4.78, 5) is 22.5. The minimum atomic E-state index is -0.755. The van der Waals surface area contributed by atoms with Crippen molar-refractivity contribution in [1.29, 1.82) is 5.26 Å². The maximum Gasteiger partial charge on any atom is 0.354 e. The maximum absolute atomic E-state index is 11.3. The van der Waals surface area contributed by atoms with Crippen LogP contribution in [0.5, 0.6) is 0 Å². The number of rotatable bonds is 0. The van der Waals surface area contributed by atoms with E-state index >= 15 is 0 Å². The fraction of sp³-hybridized carbons (Fsp3) is 0.100. The number of hydrogen-bond donors (Lipinski definition) is 0. The van der Waals surface area contributed by atoms with Crippen LogP contribution in [0.1, 0.15) is 11.3 Å². The zero-order valence-electron chi connectivity index (χ0n) is 7.73. The third-order valence-corrected chi connectivity index (χ3v) is 1.91. The fourth-order valence-electron chi connectivity index (χ4n) is 1.24. The first-order valence-electron chi connectivity index (χ1n) is 4.10. The number of aryl methyl sites for hydroxylation is 1. The second kappa shape index (κ2) is 3.10. The average Bonchev–Trinajstić information content (AvgIpc) is 2.16. The molecule has 0 aliphatic rings. The molecule has 0 radical (unpaired) electrons. The summed E-state index contributed by atoms with van der Waals surface area (Å²) in [6.07, 6.45) is 0. The van der Waals surface area contributed by atoms with Crippen LogP contribution < -0.4 is 11.3 Å². The monoisotopic (exact) mass is 203 g/mol. The van der Waals surface area contributed by atoms with E-state index in [-0.39, 0.29) is 16.5 Å². The van der Waals surface area contributed by atoms with Gasteiger partial charge in [-0.15, -0.1) is 0 Å². The minimum absolute atomic E-state index is 0.0942. The van der Waals surface area contributed by atoms with Crippen LogP contribution in [-0.2, 0) is 0 Å². The number of hydrogen-bond acceptors (Lipinski definition) is 5. The Balaban J connectivity index is 3.02. The average molecular weight is 203 g/mol. The van der Waals surface area contributed by atoms with Gasteiger partial charge in [0.05, 0.1) is 0 Å². The normalized spacial score (nSPS) is 10.1. The Morgan fingerprint density at radius 2 is 1.93 bits per heavy atom. The molecule has 5 heteroatoms. The molecule has 0 amide bonds. The van der Waals surface area contributed by atoms with Crippen LogP contribution >= 0.6 is 0 Å². The van der Waals surface area contributed by atoms with Gasteiger partial charge in [0.2, 0.25) is 0 Å². The van der Waals surface area contributed by atoms with Crippen LogP contribution in [-0.4, -0.2) is 0 Å². The van der Waals surface area contributed by atoms with Crippen molar-refractivity contribution in [3.8, 4) is 6.07 Å². The predicted octanol–water partition coefficient (Wildman–Crippen LogP) is 0.926. The Bertz CT molecular complexity index is 687. The Hall–Kier alpha value is -2.35. The highest BCUT2D eigenvalue weighted by Gasteiger charge is 2.08. The minimum Gasteiger partial charge on any atom is -0.428 e. The lowest BCUT2D eigenvalue weighted by molar-refractivity contribution is 0.478. The van der Waals surface area contributed by atoms with Crippen molar-refractivity contribution in [2.45, 2.75) is 6.92 Å². The summed E-state index contributed by atoms with van der Waals surface area (Å²) in [5, 5.41) is 8.67.